The Morgan fingerprint density at radius 1 is 1.75 bits per heavy atom. The van der Waals surface area contributed by atoms with E-state index in [1.54, 1.807) is 0 Å². The van der Waals surface area contributed by atoms with Crippen molar-refractivity contribution in [3.05, 3.63) is 0 Å². The lowest BCUT2D eigenvalue weighted by Gasteiger charge is -2.39. The fourth-order valence-electron chi connectivity index (χ4n) is 1.58. The first-order chi connectivity index (χ1) is 5.46. The van der Waals surface area contributed by atoms with Crippen molar-refractivity contribution in [2.75, 3.05) is 13.6 Å². The quantitative estimate of drug-likeness (QED) is 0.579. The normalized spacial score (nSPS) is 38.1. The minimum absolute atomic E-state index is 0.264. The van der Waals surface area contributed by atoms with E-state index in [2.05, 4.69) is 4.90 Å². The zero-order valence-electron chi connectivity index (χ0n) is 7.58. The van der Waals surface area contributed by atoms with E-state index < -0.39 is 11.5 Å². The summed E-state index contributed by atoms with van der Waals surface area (Å²) in [5.41, 5.74) is 4.73. The molecule has 2 atom stereocenters. The summed E-state index contributed by atoms with van der Waals surface area (Å²) in [4.78, 5) is 12.9. The lowest BCUT2D eigenvalue weighted by Crippen LogP contribution is -2.57. The predicted molar refractivity (Wildman–Crippen MR) is 45.9 cm³/mol. The van der Waals surface area contributed by atoms with Crippen LogP contribution in [-0.2, 0) is 4.79 Å². The number of hydrogen-bond acceptors (Lipinski definition) is 3. The molecule has 70 valence electrons. The van der Waals surface area contributed by atoms with Crippen molar-refractivity contribution in [1.82, 2.24) is 4.90 Å². The number of carbonyl (C=O) groups is 1. The Labute approximate surface area is 72.3 Å². The second-order valence-electron chi connectivity index (χ2n) is 3.75. The van der Waals surface area contributed by atoms with Crippen LogP contribution in [0, 0.1) is 0 Å². The number of nitrogens with two attached hydrogens (primary N) is 1. The molecule has 1 aliphatic heterocycles. The topological polar surface area (TPSA) is 66.6 Å². The highest BCUT2D eigenvalue weighted by Gasteiger charge is 2.39. The first-order valence-corrected chi connectivity index (χ1v) is 4.18. The number of carboxylic acid groups (broad SMARTS) is 1. The van der Waals surface area contributed by atoms with Crippen LogP contribution < -0.4 is 5.73 Å². The average molecular weight is 172 g/mol. The SMILES string of the molecule is C[C@H]1C[C@@](N)(C(=O)O)CCN1C. The Hall–Kier alpha value is -0.610. The van der Waals surface area contributed by atoms with Crippen LogP contribution in [0.2, 0.25) is 0 Å². The molecule has 3 N–H and O–H groups in total. The van der Waals surface area contributed by atoms with Gasteiger partial charge in [0.15, 0.2) is 0 Å². The van der Waals surface area contributed by atoms with Crippen LogP contribution in [0.25, 0.3) is 0 Å². The highest BCUT2D eigenvalue weighted by molar-refractivity contribution is 5.78. The number of carboxylic acids is 1. The first kappa shape index (κ1) is 9.48. The van der Waals surface area contributed by atoms with E-state index in [-0.39, 0.29) is 6.04 Å². The zero-order valence-corrected chi connectivity index (χ0v) is 7.58. The molecule has 1 rings (SSSR count). The molecule has 0 radical (unpaired) electrons. The fourth-order valence-corrected chi connectivity index (χ4v) is 1.58. The van der Waals surface area contributed by atoms with Gasteiger partial charge in [-0.1, -0.05) is 0 Å². The summed E-state index contributed by atoms with van der Waals surface area (Å²) in [7, 11) is 1.99. The molecule has 12 heavy (non-hydrogen) atoms. The van der Waals surface area contributed by atoms with Gasteiger partial charge in [0.25, 0.3) is 0 Å². The van der Waals surface area contributed by atoms with Crippen molar-refractivity contribution < 1.29 is 9.90 Å². The molecule has 1 fully saturated rings. The molecule has 1 heterocycles. The number of nitrogens with zero attached hydrogens (tertiary/aromatic N) is 1. The third kappa shape index (κ3) is 1.59. The second-order valence-corrected chi connectivity index (χ2v) is 3.75. The van der Waals surface area contributed by atoms with Gasteiger partial charge in [0, 0.05) is 12.6 Å². The van der Waals surface area contributed by atoms with Crippen LogP contribution >= 0.6 is 0 Å². The number of rotatable bonds is 1. The third-order valence-electron chi connectivity index (χ3n) is 2.75. The van der Waals surface area contributed by atoms with Crippen molar-refractivity contribution in [2.24, 2.45) is 5.73 Å². The molecule has 1 saturated heterocycles. The standard InChI is InChI=1S/C8H16N2O2/c1-6-5-8(9,7(11)12)3-4-10(6)2/h6H,3-5,9H2,1-2H3,(H,11,12)/t6-,8+/m0/s1. The van der Waals surface area contributed by atoms with Gasteiger partial charge < -0.3 is 15.7 Å². The first-order valence-electron chi connectivity index (χ1n) is 4.18. The minimum atomic E-state index is -0.994. The molecule has 0 aromatic heterocycles. The lowest BCUT2D eigenvalue weighted by molar-refractivity contribution is -0.145. The van der Waals surface area contributed by atoms with Crippen molar-refractivity contribution in [2.45, 2.75) is 31.3 Å². The van der Waals surface area contributed by atoms with Crippen LogP contribution in [0.5, 0.6) is 0 Å². The smallest absolute Gasteiger partial charge is 0.323 e. The Bertz CT molecular complexity index is 195. The Balaban J connectivity index is 2.66. The molecule has 0 unspecified atom stereocenters. The number of likely N-dealkylation sites (tertiary alicyclic amines) is 1. The van der Waals surface area contributed by atoms with E-state index in [9.17, 15) is 4.79 Å². The summed E-state index contributed by atoms with van der Waals surface area (Å²) >= 11 is 0. The van der Waals surface area contributed by atoms with Gasteiger partial charge in [-0.2, -0.15) is 0 Å². The van der Waals surface area contributed by atoms with Gasteiger partial charge in [-0.25, -0.2) is 0 Å². The maximum atomic E-state index is 10.8. The summed E-state index contributed by atoms with van der Waals surface area (Å²) in [5.74, 6) is -0.873. The summed E-state index contributed by atoms with van der Waals surface area (Å²) < 4.78 is 0. The van der Waals surface area contributed by atoms with Crippen molar-refractivity contribution in [3.63, 3.8) is 0 Å². The van der Waals surface area contributed by atoms with E-state index in [1.165, 1.54) is 0 Å². The van der Waals surface area contributed by atoms with Gasteiger partial charge in [-0.15, -0.1) is 0 Å². The monoisotopic (exact) mass is 172 g/mol. The van der Waals surface area contributed by atoms with Crippen molar-refractivity contribution in [1.29, 1.82) is 0 Å². The maximum absolute atomic E-state index is 10.8. The molecule has 1 aliphatic rings. The molecule has 0 aliphatic carbocycles. The lowest BCUT2D eigenvalue weighted by atomic mass is 9.85. The average Bonchev–Trinajstić information content (AvgIpc) is 1.97. The summed E-state index contributed by atoms with van der Waals surface area (Å²) in [6, 6.07) is 0.264. The number of aliphatic carboxylic acids is 1. The van der Waals surface area contributed by atoms with Gasteiger partial charge in [0.05, 0.1) is 0 Å². The molecule has 4 nitrogen and oxygen atoms in total. The minimum Gasteiger partial charge on any atom is -0.480 e. The van der Waals surface area contributed by atoms with E-state index in [0.29, 0.717) is 12.8 Å². The molecule has 4 heteroatoms. The maximum Gasteiger partial charge on any atom is 0.323 e. The summed E-state index contributed by atoms with van der Waals surface area (Å²) in [6.45, 7) is 2.77. The molecule has 0 spiro atoms. The largest absolute Gasteiger partial charge is 0.480 e. The van der Waals surface area contributed by atoms with Crippen LogP contribution in [0.15, 0.2) is 0 Å². The molecule has 0 amide bonds. The van der Waals surface area contributed by atoms with E-state index in [1.807, 2.05) is 14.0 Å². The van der Waals surface area contributed by atoms with Gasteiger partial charge in [-0.3, -0.25) is 4.79 Å². The molecular weight excluding hydrogens is 156 g/mol. The number of piperidine rings is 1. The zero-order chi connectivity index (χ0) is 9.35. The van der Waals surface area contributed by atoms with E-state index >= 15 is 0 Å². The van der Waals surface area contributed by atoms with Gasteiger partial charge >= 0.3 is 5.97 Å². The van der Waals surface area contributed by atoms with Gasteiger partial charge in [0.1, 0.15) is 5.54 Å². The van der Waals surface area contributed by atoms with Gasteiger partial charge in [-0.05, 0) is 26.8 Å². The number of hydrogen-bond donors (Lipinski definition) is 2. The molecular formula is C8H16N2O2. The van der Waals surface area contributed by atoms with Crippen LogP contribution in [0.3, 0.4) is 0 Å². The second kappa shape index (κ2) is 3.03. The molecule has 0 aromatic carbocycles. The third-order valence-corrected chi connectivity index (χ3v) is 2.75. The van der Waals surface area contributed by atoms with E-state index in [0.717, 1.165) is 6.54 Å². The van der Waals surface area contributed by atoms with Crippen LogP contribution in [0.1, 0.15) is 19.8 Å². The van der Waals surface area contributed by atoms with Crippen molar-refractivity contribution >= 4 is 5.97 Å². The molecule has 0 aromatic rings. The van der Waals surface area contributed by atoms with Crippen molar-refractivity contribution in [3.8, 4) is 0 Å². The highest BCUT2D eigenvalue weighted by atomic mass is 16.4. The molecule has 0 saturated carbocycles. The Morgan fingerprint density at radius 2 is 2.33 bits per heavy atom. The summed E-state index contributed by atoms with van der Waals surface area (Å²) in [6.07, 6.45) is 1.09. The van der Waals surface area contributed by atoms with Gasteiger partial charge in [0.2, 0.25) is 0 Å². The Morgan fingerprint density at radius 3 is 2.75 bits per heavy atom. The predicted octanol–water partition coefficient (Wildman–Crippen LogP) is -0.117. The fraction of sp³-hybridized carbons (Fsp3) is 0.875. The van der Waals surface area contributed by atoms with Crippen LogP contribution in [-0.4, -0.2) is 41.1 Å². The summed E-state index contributed by atoms with van der Waals surface area (Å²) in [5, 5.41) is 8.86. The van der Waals surface area contributed by atoms with Crippen LogP contribution in [0.4, 0.5) is 0 Å². The highest BCUT2D eigenvalue weighted by Crippen LogP contribution is 2.23. The van der Waals surface area contributed by atoms with E-state index in [4.69, 9.17) is 10.8 Å². The molecule has 0 bridgehead atoms. The Kier molecular flexibility index (Phi) is 2.39.